The van der Waals surface area contributed by atoms with Gasteiger partial charge in [-0.05, 0) is 18.9 Å². The Bertz CT molecular complexity index is 138. The third-order valence-corrected chi connectivity index (χ3v) is 2.55. The average molecular weight is 137 g/mol. The van der Waals surface area contributed by atoms with Crippen LogP contribution >= 0.6 is 0 Å². The first kappa shape index (κ1) is 6.41. The summed E-state index contributed by atoms with van der Waals surface area (Å²) in [7, 11) is 0. The topological polar surface area (TPSA) is 3.01 Å². The van der Waals surface area contributed by atoms with Gasteiger partial charge in [0.25, 0.3) is 0 Å². The number of rotatable bonds is 4. The van der Waals surface area contributed by atoms with Gasteiger partial charge >= 0.3 is 0 Å². The van der Waals surface area contributed by atoms with E-state index in [0.29, 0.717) is 0 Å². The smallest absolute Gasteiger partial charge is 0.0404 e. The first-order chi connectivity index (χ1) is 4.90. The molecule has 56 valence electrons. The third-order valence-electron chi connectivity index (χ3n) is 2.55. The number of hydrogen-bond acceptors (Lipinski definition) is 1. The monoisotopic (exact) mass is 137 g/mol. The van der Waals surface area contributed by atoms with Gasteiger partial charge < -0.3 is 0 Å². The lowest BCUT2D eigenvalue weighted by Gasteiger charge is -1.98. The van der Waals surface area contributed by atoms with Gasteiger partial charge in [0.2, 0.25) is 0 Å². The molecule has 1 aliphatic heterocycles. The highest BCUT2D eigenvalue weighted by atomic mass is 15.3. The highest BCUT2D eigenvalue weighted by Gasteiger charge is 2.32. The van der Waals surface area contributed by atoms with Crippen molar-refractivity contribution in [3.8, 4) is 0 Å². The zero-order valence-electron chi connectivity index (χ0n) is 6.42. The molecule has 1 heteroatoms. The molecule has 0 aromatic heterocycles. The van der Waals surface area contributed by atoms with E-state index in [9.17, 15) is 0 Å². The molecule has 1 saturated heterocycles. The molecule has 0 aromatic rings. The molecule has 0 spiro atoms. The maximum absolute atomic E-state index is 3.77. The predicted octanol–water partition coefficient (Wildman–Crippen LogP) is 1.66. The highest BCUT2D eigenvalue weighted by molar-refractivity contribution is 5.01. The minimum absolute atomic E-state index is 0.735. The molecule has 1 heterocycles. The third kappa shape index (κ3) is 1.40. The average Bonchev–Trinajstić information content (AvgIpc) is 2.82. The largest absolute Gasteiger partial charge is 0.294 e. The molecule has 0 N–H and O–H groups in total. The summed E-state index contributed by atoms with van der Waals surface area (Å²) in [5.74, 6) is 1.09. The van der Waals surface area contributed by atoms with Gasteiger partial charge in [0, 0.05) is 12.6 Å². The lowest BCUT2D eigenvalue weighted by Crippen LogP contribution is -2.02. The molecule has 1 saturated carbocycles. The summed E-state index contributed by atoms with van der Waals surface area (Å²) in [5.41, 5.74) is 0. The summed E-state index contributed by atoms with van der Waals surface area (Å²) < 4.78 is 0. The normalized spacial score (nSPS) is 37.6. The second kappa shape index (κ2) is 2.39. The van der Waals surface area contributed by atoms with Gasteiger partial charge in [-0.2, -0.15) is 0 Å². The van der Waals surface area contributed by atoms with Crippen molar-refractivity contribution in [2.24, 2.45) is 5.92 Å². The SMILES string of the molecule is C=CC1CN1CCC1CC1. The Balaban J connectivity index is 1.59. The standard InChI is InChI=1S/C9H15N/c1-2-9-7-10(9)6-5-8-3-4-8/h2,8-9H,1,3-7H2. The van der Waals surface area contributed by atoms with Crippen LogP contribution in [0.1, 0.15) is 19.3 Å². The molecule has 0 bridgehead atoms. The van der Waals surface area contributed by atoms with E-state index in [4.69, 9.17) is 0 Å². The van der Waals surface area contributed by atoms with Crippen LogP contribution in [0.5, 0.6) is 0 Å². The van der Waals surface area contributed by atoms with E-state index in [-0.39, 0.29) is 0 Å². The molecule has 10 heavy (non-hydrogen) atoms. The lowest BCUT2D eigenvalue weighted by atomic mass is 10.3. The van der Waals surface area contributed by atoms with Crippen molar-refractivity contribution in [3.63, 3.8) is 0 Å². The van der Waals surface area contributed by atoms with Crippen LogP contribution in [0.4, 0.5) is 0 Å². The molecule has 0 aromatic carbocycles. The summed E-state index contributed by atoms with van der Waals surface area (Å²) in [5, 5.41) is 0. The van der Waals surface area contributed by atoms with Crippen molar-refractivity contribution < 1.29 is 0 Å². The summed E-state index contributed by atoms with van der Waals surface area (Å²) >= 11 is 0. The van der Waals surface area contributed by atoms with Crippen LogP contribution < -0.4 is 0 Å². The molecule has 0 radical (unpaired) electrons. The van der Waals surface area contributed by atoms with Crippen molar-refractivity contribution in [2.45, 2.75) is 25.3 Å². The molecule has 2 fully saturated rings. The predicted molar refractivity (Wildman–Crippen MR) is 42.9 cm³/mol. The van der Waals surface area contributed by atoms with Gasteiger partial charge in [-0.3, -0.25) is 4.90 Å². The van der Waals surface area contributed by atoms with Crippen molar-refractivity contribution in [1.29, 1.82) is 0 Å². The van der Waals surface area contributed by atoms with Crippen molar-refractivity contribution in [3.05, 3.63) is 12.7 Å². The molecule has 2 rings (SSSR count). The zero-order valence-corrected chi connectivity index (χ0v) is 6.42. The van der Waals surface area contributed by atoms with Gasteiger partial charge in [0.05, 0.1) is 0 Å². The maximum Gasteiger partial charge on any atom is 0.0404 e. The van der Waals surface area contributed by atoms with E-state index in [2.05, 4.69) is 17.6 Å². The van der Waals surface area contributed by atoms with Gasteiger partial charge in [0.1, 0.15) is 0 Å². The Morgan fingerprint density at radius 1 is 1.50 bits per heavy atom. The van der Waals surface area contributed by atoms with Crippen molar-refractivity contribution in [2.75, 3.05) is 13.1 Å². The highest BCUT2D eigenvalue weighted by Crippen LogP contribution is 2.33. The summed E-state index contributed by atoms with van der Waals surface area (Å²) in [6.07, 6.45) is 6.48. The van der Waals surface area contributed by atoms with Crippen LogP contribution in [-0.4, -0.2) is 24.0 Å². The Labute approximate surface area is 62.7 Å². The van der Waals surface area contributed by atoms with Crippen molar-refractivity contribution >= 4 is 0 Å². The Morgan fingerprint density at radius 2 is 2.30 bits per heavy atom. The summed E-state index contributed by atoms with van der Waals surface area (Å²) in [6.45, 7) is 6.37. The molecule has 1 nitrogen and oxygen atoms in total. The zero-order chi connectivity index (χ0) is 6.97. The van der Waals surface area contributed by atoms with Gasteiger partial charge in [-0.25, -0.2) is 0 Å². The molecule has 1 aliphatic carbocycles. The van der Waals surface area contributed by atoms with Crippen LogP contribution in [0, 0.1) is 5.92 Å². The fourth-order valence-electron chi connectivity index (χ4n) is 1.43. The van der Waals surface area contributed by atoms with Gasteiger partial charge in [-0.15, -0.1) is 6.58 Å². The number of hydrogen-bond donors (Lipinski definition) is 0. The molecular formula is C9H15N. The van der Waals surface area contributed by atoms with E-state index < -0.39 is 0 Å². The van der Waals surface area contributed by atoms with E-state index in [1.54, 1.807) is 0 Å². The van der Waals surface area contributed by atoms with Crippen LogP contribution in [0.15, 0.2) is 12.7 Å². The van der Waals surface area contributed by atoms with E-state index >= 15 is 0 Å². The Morgan fingerprint density at radius 3 is 2.80 bits per heavy atom. The molecule has 2 atom stereocenters. The van der Waals surface area contributed by atoms with Gasteiger partial charge in [-0.1, -0.05) is 18.9 Å². The lowest BCUT2D eigenvalue weighted by molar-refractivity contribution is 0.492. The molecular weight excluding hydrogens is 122 g/mol. The fourth-order valence-corrected chi connectivity index (χ4v) is 1.43. The van der Waals surface area contributed by atoms with Crippen LogP contribution in [0.25, 0.3) is 0 Å². The molecule has 2 aliphatic rings. The first-order valence-corrected chi connectivity index (χ1v) is 4.27. The number of nitrogens with zero attached hydrogens (tertiary/aromatic N) is 1. The van der Waals surface area contributed by atoms with E-state index in [0.717, 1.165) is 12.0 Å². The van der Waals surface area contributed by atoms with E-state index in [1.807, 2.05) is 0 Å². The van der Waals surface area contributed by atoms with Crippen LogP contribution in [0.3, 0.4) is 0 Å². The summed E-state index contributed by atoms with van der Waals surface area (Å²) in [6, 6.07) is 0.735. The van der Waals surface area contributed by atoms with Crippen LogP contribution in [0.2, 0.25) is 0 Å². The second-order valence-corrected chi connectivity index (χ2v) is 3.53. The quantitative estimate of drug-likeness (QED) is 0.420. The minimum Gasteiger partial charge on any atom is -0.294 e. The molecule has 0 amide bonds. The maximum atomic E-state index is 3.77. The molecule has 2 unspecified atom stereocenters. The second-order valence-electron chi connectivity index (χ2n) is 3.53. The minimum atomic E-state index is 0.735. The Kier molecular flexibility index (Phi) is 1.53. The van der Waals surface area contributed by atoms with Crippen molar-refractivity contribution in [1.82, 2.24) is 4.90 Å². The van der Waals surface area contributed by atoms with E-state index in [1.165, 1.54) is 32.4 Å². The fraction of sp³-hybridized carbons (Fsp3) is 0.778. The summed E-state index contributed by atoms with van der Waals surface area (Å²) in [4.78, 5) is 2.49. The Hall–Kier alpha value is -0.300. The van der Waals surface area contributed by atoms with Gasteiger partial charge in [0.15, 0.2) is 0 Å². The van der Waals surface area contributed by atoms with Crippen LogP contribution in [-0.2, 0) is 0 Å². The first-order valence-electron chi connectivity index (χ1n) is 4.27.